The van der Waals surface area contributed by atoms with Crippen molar-refractivity contribution in [1.82, 2.24) is 4.98 Å². The van der Waals surface area contributed by atoms with Crippen molar-refractivity contribution in [3.05, 3.63) is 80.5 Å². The van der Waals surface area contributed by atoms with Gasteiger partial charge in [0.1, 0.15) is 5.82 Å². The van der Waals surface area contributed by atoms with Crippen LogP contribution >= 0.6 is 22.9 Å². The van der Waals surface area contributed by atoms with Gasteiger partial charge in [-0.3, -0.25) is 4.79 Å². The van der Waals surface area contributed by atoms with E-state index in [0.29, 0.717) is 17.1 Å². The number of rotatable bonds is 6. The Kier molecular flexibility index (Phi) is 6.38. The molecule has 1 heterocycles. The zero-order valence-corrected chi connectivity index (χ0v) is 16.4. The van der Waals surface area contributed by atoms with E-state index in [0.717, 1.165) is 16.6 Å². The van der Waals surface area contributed by atoms with Crippen LogP contribution in [0.2, 0.25) is 5.02 Å². The van der Waals surface area contributed by atoms with Gasteiger partial charge in [0.2, 0.25) is 5.91 Å². The number of esters is 1. The van der Waals surface area contributed by atoms with Gasteiger partial charge < -0.3 is 10.1 Å². The molecule has 3 aromatic rings. The average Bonchev–Trinajstić information content (AvgIpc) is 3.09. The quantitative estimate of drug-likeness (QED) is 0.599. The molecule has 5 nitrogen and oxygen atoms in total. The first-order valence-corrected chi connectivity index (χ1v) is 9.56. The third kappa shape index (κ3) is 5.15. The van der Waals surface area contributed by atoms with Crippen LogP contribution in [0.5, 0.6) is 0 Å². The Labute approximate surface area is 170 Å². The number of nitrogens with zero attached hydrogens (tertiary/aromatic N) is 1. The summed E-state index contributed by atoms with van der Waals surface area (Å²) in [6, 6.07) is 11.1. The summed E-state index contributed by atoms with van der Waals surface area (Å²) < 4.78 is 18.5. The first-order chi connectivity index (χ1) is 13.4. The second-order valence-corrected chi connectivity index (χ2v) is 7.33. The lowest BCUT2D eigenvalue weighted by atomic mass is 10.1. The molecule has 8 heteroatoms. The normalized spacial score (nSPS) is 10.5. The summed E-state index contributed by atoms with van der Waals surface area (Å²) in [6.45, 7) is 0. The number of nitrogens with one attached hydrogen (secondary N) is 1. The minimum Gasteiger partial charge on any atom is -0.465 e. The van der Waals surface area contributed by atoms with Crippen LogP contribution in [0.1, 0.15) is 26.6 Å². The van der Waals surface area contributed by atoms with Crippen LogP contribution in [-0.4, -0.2) is 24.0 Å². The largest absolute Gasteiger partial charge is 0.465 e. The Hall–Kier alpha value is -2.77. The Morgan fingerprint density at radius 2 is 2.07 bits per heavy atom. The molecule has 0 unspecified atom stereocenters. The number of ether oxygens (including phenoxy) is 1. The summed E-state index contributed by atoms with van der Waals surface area (Å²) in [7, 11) is 1.23. The van der Waals surface area contributed by atoms with Crippen LogP contribution in [0.3, 0.4) is 0 Å². The summed E-state index contributed by atoms with van der Waals surface area (Å²) in [5.41, 5.74) is 1.68. The smallest absolute Gasteiger partial charge is 0.337 e. The van der Waals surface area contributed by atoms with E-state index in [-0.39, 0.29) is 17.7 Å². The first kappa shape index (κ1) is 20.0. The molecule has 0 saturated heterocycles. The number of amides is 1. The van der Waals surface area contributed by atoms with Crippen molar-refractivity contribution in [1.29, 1.82) is 0 Å². The standard InChI is InChI=1S/C20H16ClFN2O3S/c1-27-20(26)13-5-6-16(22)17(9-13)24-18(25)10-15-11-28-19(23-15)8-12-3-2-4-14(21)7-12/h2-7,9,11H,8,10H2,1H3,(H,24,25). The van der Waals surface area contributed by atoms with Gasteiger partial charge in [-0.15, -0.1) is 11.3 Å². The Balaban J connectivity index is 1.64. The van der Waals surface area contributed by atoms with Crippen LogP contribution in [0.15, 0.2) is 47.8 Å². The Bertz CT molecular complexity index is 1020. The highest BCUT2D eigenvalue weighted by Gasteiger charge is 2.14. The molecule has 1 N–H and O–H groups in total. The molecule has 0 atom stereocenters. The number of hydrogen-bond donors (Lipinski definition) is 1. The van der Waals surface area contributed by atoms with E-state index in [1.165, 1.54) is 30.6 Å². The molecule has 144 valence electrons. The minimum absolute atomic E-state index is 0.00601. The van der Waals surface area contributed by atoms with Crippen LogP contribution in [0, 0.1) is 5.82 Å². The summed E-state index contributed by atoms with van der Waals surface area (Å²) in [4.78, 5) is 28.2. The van der Waals surface area contributed by atoms with Gasteiger partial charge in [-0.2, -0.15) is 0 Å². The van der Waals surface area contributed by atoms with Gasteiger partial charge in [0.25, 0.3) is 0 Å². The van der Waals surface area contributed by atoms with Crippen molar-refractivity contribution < 1.29 is 18.7 Å². The zero-order valence-electron chi connectivity index (χ0n) is 14.9. The fourth-order valence-electron chi connectivity index (χ4n) is 2.56. The first-order valence-electron chi connectivity index (χ1n) is 8.30. The lowest BCUT2D eigenvalue weighted by molar-refractivity contribution is -0.115. The molecule has 0 aliphatic heterocycles. The number of aromatic nitrogens is 1. The number of carbonyl (C=O) groups is 2. The second kappa shape index (κ2) is 8.95. The maximum absolute atomic E-state index is 13.9. The summed E-state index contributed by atoms with van der Waals surface area (Å²) in [5.74, 6) is -1.68. The van der Waals surface area contributed by atoms with E-state index in [9.17, 15) is 14.0 Å². The SMILES string of the molecule is COC(=O)c1ccc(F)c(NC(=O)Cc2csc(Cc3cccc(Cl)c3)n2)c1. The third-order valence-corrected chi connectivity index (χ3v) is 4.98. The minimum atomic E-state index is -0.638. The maximum Gasteiger partial charge on any atom is 0.337 e. The molecular formula is C20H16ClFN2O3S. The van der Waals surface area contributed by atoms with Gasteiger partial charge >= 0.3 is 5.97 Å². The molecule has 0 fully saturated rings. The summed E-state index contributed by atoms with van der Waals surface area (Å²) in [5, 5.41) is 5.77. The van der Waals surface area contributed by atoms with Gasteiger partial charge in [-0.25, -0.2) is 14.2 Å². The molecule has 3 rings (SSSR count). The Morgan fingerprint density at radius 3 is 2.82 bits per heavy atom. The highest BCUT2D eigenvalue weighted by Crippen LogP contribution is 2.20. The number of hydrogen-bond acceptors (Lipinski definition) is 5. The lowest BCUT2D eigenvalue weighted by Crippen LogP contribution is -2.16. The van der Waals surface area contributed by atoms with E-state index in [1.807, 2.05) is 18.2 Å². The molecule has 0 saturated carbocycles. The zero-order chi connectivity index (χ0) is 20.1. The Morgan fingerprint density at radius 1 is 1.25 bits per heavy atom. The number of carbonyl (C=O) groups excluding carboxylic acids is 2. The molecule has 28 heavy (non-hydrogen) atoms. The number of thiazole rings is 1. The van der Waals surface area contributed by atoms with Crippen LogP contribution in [-0.2, 0) is 22.4 Å². The van der Waals surface area contributed by atoms with Crippen LogP contribution in [0.25, 0.3) is 0 Å². The molecule has 1 aromatic heterocycles. The van der Waals surface area contributed by atoms with E-state index >= 15 is 0 Å². The molecule has 0 aliphatic rings. The van der Waals surface area contributed by atoms with Crippen molar-refractivity contribution in [2.75, 3.05) is 12.4 Å². The molecule has 0 bridgehead atoms. The van der Waals surface area contributed by atoms with Gasteiger partial charge in [-0.1, -0.05) is 23.7 Å². The third-order valence-electron chi connectivity index (χ3n) is 3.85. The predicted molar refractivity (Wildman–Crippen MR) is 106 cm³/mol. The average molecular weight is 419 g/mol. The van der Waals surface area contributed by atoms with Crippen LogP contribution in [0.4, 0.5) is 10.1 Å². The molecule has 0 spiro atoms. The molecule has 2 aromatic carbocycles. The maximum atomic E-state index is 13.9. The summed E-state index contributed by atoms with van der Waals surface area (Å²) >= 11 is 7.43. The fourth-order valence-corrected chi connectivity index (χ4v) is 3.60. The second-order valence-electron chi connectivity index (χ2n) is 5.95. The van der Waals surface area contributed by atoms with Gasteiger partial charge in [-0.05, 0) is 35.9 Å². The molecular weight excluding hydrogens is 403 g/mol. The van der Waals surface area contributed by atoms with Crippen molar-refractivity contribution >= 4 is 40.5 Å². The number of benzene rings is 2. The topological polar surface area (TPSA) is 68.3 Å². The molecule has 0 aliphatic carbocycles. The number of halogens is 2. The van der Waals surface area contributed by atoms with Crippen molar-refractivity contribution in [2.24, 2.45) is 0 Å². The summed E-state index contributed by atoms with van der Waals surface area (Å²) in [6.07, 6.45) is 0.608. The van der Waals surface area contributed by atoms with Gasteiger partial charge in [0.15, 0.2) is 0 Å². The van der Waals surface area contributed by atoms with E-state index < -0.39 is 17.7 Å². The highest BCUT2D eigenvalue weighted by molar-refractivity contribution is 7.09. The van der Waals surface area contributed by atoms with E-state index in [4.69, 9.17) is 11.6 Å². The highest BCUT2D eigenvalue weighted by atomic mass is 35.5. The van der Waals surface area contributed by atoms with Gasteiger partial charge in [0, 0.05) is 16.8 Å². The number of anilines is 1. The monoisotopic (exact) mass is 418 g/mol. The van der Waals surface area contributed by atoms with Gasteiger partial charge in [0.05, 0.1) is 35.5 Å². The predicted octanol–water partition coefficient (Wildman–Crippen LogP) is 4.49. The number of methoxy groups -OCH3 is 1. The lowest BCUT2D eigenvalue weighted by Gasteiger charge is -2.07. The fraction of sp³-hybridized carbons (Fsp3) is 0.150. The molecule has 0 radical (unpaired) electrons. The van der Waals surface area contributed by atoms with Crippen LogP contribution < -0.4 is 5.32 Å². The molecule has 1 amide bonds. The van der Waals surface area contributed by atoms with Crippen molar-refractivity contribution in [3.8, 4) is 0 Å². The van der Waals surface area contributed by atoms with E-state index in [1.54, 1.807) is 11.4 Å². The van der Waals surface area contributed by atoms with Crippen molar-refractivity contribution in [2.45, 2.75) is 12.8 Å². The van der Waals surface area contributed by atoms with Crippen molar-refractivity contribution in [3.63, 3.8) is 0 Å². The van der Waals surface area contributed by atoms with E-state index in [2.05, 4.69) is 15.0 Å².